The monoisotopic (exact) mass is 386 g/mol. The van der Waals surface area contributed by atoms with E-state index in [2.05, 4.69) is 20.4 Å². The molecule has 27 heavy (non-hydrogen) atoms. The summed E-state index contributed by atoms with van der Waals surface area (Å²) in [5.74, 6) is 0.933. The third kappa shape index (κ3) is 4.40. The van der Waals surface area contributed by atoms with Crippen molar-refractivity contribution in [1.29, 1.82) is 0 Å². The van der Waals surface area contributed by atoms with Crippen molar-refractivity contribution in [2.75, 3.05) is 25.0 Å². The standard InChI is InChI=1S/C19H19FN4O2S/c20-15-2-1-3-16(10-15)21-17(25)11-24-7-4-13(5-8-24)18-22-23-19(26-18)14-6-9-27-12-14/h1-3,6,9-10,12-13H,4-5,7-8,11H2,(H,21,25). The van der Waals surface area contributed by atoms with Gasteiger partial charge in [-0.15, -0.1) is 10.2 Å². The van der Waals surface area contributed by atoms with Gasteiger partial charge >= 0.3 is 0 Å². The summed E-state index contributed by atoms with van der Waals surface area (Å²) < 4.78 is 19.0. The summed E-state index contributed by atoms with van der Waals surface area (Å²) in [6.45, 7) is 1.84. The van der Waals surface area contributed by atoms with Gasteiger partial charge in [0.05, 0.1) is 6.54 Å². The van der Waals surface area contributed by atoms with Gasteiger partial charge in [-0.25, -0.2) is 4.39 Å². The summed E-state index contributed by atoms with van der Waals surface area (Å²) in [5.41, 5.74) is 1.42. The second-order valence-corrected chi connectivity index (χ2v) is 7.35. The summed E-state index contributed by atoms with van der Waals surface area (Å²) in [7, 11) is 0. The first kappa shape index (κ1) is 17.8. The minimum Gasteiger partial charge on any atom is -0.420 e. The molecule has 3 aromatic rings. The number of hydrogen-bond acceptors (Lipinski definition) is 6. The number of rotatable bonds is 5. The molecule has 2 aromatic heterocycles. The molecular weight excluding hydrogens is 367 g/mol. The smallest absolute Gasteiger partial charge is 0.248 e. The summed E-state index contributed by atoms with van der Waals surface area (Å²) in [6, 6.07) is 7.87. The molecule has 1 aliphatic heterocycles. The number of thiophene rings is 1. The number of aromatic nitrogens is 2. The summed E-state index contributed by atoms with van der Waals surface area (Å²) >= 11 is 1.59. The van der Waals surface area contributed by atoms with E-state index in [9.17, 15) is 9.18 Å². The van der Waals surface area contributed by atoms with Crippen LogP contribution >= 0.6 is 11.3 Å². The van der Waals surface area contributed by atoms with Crippen LogP contribution in [0.4, 0.5) is 10.1 Å². The number of benzene rings is 1. The van der Waals surface area contributed by atoms with E-state index in [1.807, 2.05) is 16.8 Å². The number of carbonyl (C=O) groups is 1. The Morgan fingerprint density at radius 2 is 2.15 bits per heavy atom. The van der Waals surface area contributed by atoms with Crippen molar-refractivity contribution in [2.45, 2.75) is 18.8 Å². The molecule has 6 nitrogen and oxygen atoms in total. The lowest BCUT2D eigenvalue weighted by atomic mass is 9.97. The van der Waals surface area contributed by atoms with E-state index < -0.39 is 0 Å². The number of nitrogens with zero attached hydrogens (tertiary/aromatic N) is 3. The number of halogens is 1. The average Bonchev–Trinajstić information content (AvgIpc) is 3.34. The van der Waals surface area contributed by atoms with Crippen molar-refractivity contribution >= 4 is 22.9 Å². The molecule has 0 aliphatic carbocycles. The Morgan fingerprint density at radius 1 is 1.30 bits per heavy atom. The van der Waals surface area contributed by atoms with Crippen LogP contribution in [-0.4, -0.2) is 40.6 Å². The van der Waals surface area contributed by atoms with Gasteiger partial charge < -0.3 is 9.73 Å². The first-order valence-corrected chi connectivity index (χ1v) is 9.75. The largest absolute Gasteiger partial charge is 0.420 e. The van der Waals surface area contributed by atoms with Crippen LogP contribution in [0.3, 0.4) is 0 Å². The van der Waals surface area contributed by atoms with Crippen molar-refractivity contribution in [1.82, 2.24) is 15.1 Å². The van der Waals surface area contributed by atoms with Gasteiger partial charge in [0, 0.05) is 22.5 Å². The molecule has 0 spiro atoms. The zero-order valence-corrected chi connectivity index (χ0v) is 15.4. The fourth-order valence-corrected chi connectivity index (χ4v) is 3.84. The van der Waals surface area contributed by atoms with Crippen molar-refractivity contribution < 1.29 is 13.6 Å². The van der Waals surface area contributed by atoms with Crippen LogP contribution < -0.4 is 5.32 Å². The van der Waals surface area contributed by atoms with Gasteiger partial charge in [0.2, 0.25) is 17.7 Å². The maximum Gasteiger partial charge on any atom is 0.248 e. The van der Waals surface area contributed by atoms with Crippen LogP contribution in [0.5, 0.6) is 0 Å². The average molecular weight is 386 g/mol. The molecule has 1 amide bonds. The quantitative estimate of drug-likeness (QED) is 0.723. The van der Waals surface area contributed by atoms with Gasteiger partial charge in [-0.3, -0.25) is 9.69 Å². The highest BCUT2D eigenvalue weighted by Gasteiger charge is 2.26. The second-order valence-electron chi connectivity index (χ2n) is 6.57. The molecule has 8 heteroatoms. The third-order valence-electron chi connectivity index (χ3n) is 4.62. The van der Waals surface area contributed by atoms with Gasteiger partial charge in [0.1, 0.15) is 5.82 Å². The molecule has 0 radical (unpaired) electrons. The predicted molar refractivity (Wildman–Crippen MR) is 101 cm³/mol. The predicted octanol–water partition coefficient (Wildman–Crippen LogP) is 3.76. The van der Waals surface area contributed by atoms with Gasteiger partial charge in [0.25, 0.3) is 0 Å². The van der Waals surface area contributed by atoms with Crippen LogP contribution in [-0.2, 0) is 4.79 Å². The molecule has 1 fully saturated rings. The Labute approximate surface area is 160 Å². The number of hydrogen-bond donors (Lipinski definition) is 1. The van der Waals surface area contributed by atoms with E-state index >= 15 is 0 Å². The number of piperidine rings is 1. The minimum absolute atomic E-state index is 0.142. The van der Waals surface area contributed by atoms with E-state index in [0.29, 0.717) is 17.5 Å². The lowest BCUT2D eigenvalue weighted by Gasteiger charge is -2.29. The lowest BCUT2D eigenvalue weighted by molar-refractivity contribution is -0.117. The first-order valence-electron chi connectivity index (χ1n) is 8.81. The summed E-state index contributed by atoms with van der Waals surface area (Å²) in [5, 5.41) is 15.0. The lowest BCUT2D eigenvalue weighted by Crippen LogP contribution is -2.38. The zero-order valence-electron chi connectivity index (χ0n) is 14.6. The number of amides is 1. The number of carbonyl (C=O) groups excluding carboxylic acids is 1. The normalized spacial score (nSPS) is 15.7. The Balaban J connectivity index is 1.28. The Bertz CT molecular complexity index is 904. The molecule has 140 valence electrons. The number of likely N-dealkylation sites (tertiary alicyclic amines) is 1. The highest BCUT2D eigenvalue weighted by molar-refractivity contribution is 7.08. The molecule has 1 aliphatic rings. The van der Waals surface area contributed by atoms with Gasteiger partial charge in [-0.2, -0.15) is 11.3 Å². The molecule has 3 heterocycles. The SMILES string of the molecule is O=C(CN1CCC(c2nnc(-c3ccsc3)o2)CC1)Nc1cccc(F)c1. The highest BCUT2D eigenvalue weighted by Crippen LogP contribution is 2.29. The molecule has 0 atom stereocenters. The third-order valence-corrected chi connectivity index (χ3v) is 5.30. The summed E-state index contributed by atoms with van der Waals surface area (Å²) in [6.07, 6.45) is 1.72. The molecular formula is C19H19FN4O2S. The number of nitrogens with one attached hydrogen (secondary N) is 1. The van der Waals surface area contributed by atoms with Gasteiger partial charge in [-0.1, -0.05) is 6.07 Å². The van der Waals surface area contributed by atoms with Crippen LogP contribution in [0.2, 0.25) is 0 Å². The van der Waals surface area contributed by atoms with E-state index in [0.717, 1.165) is 31.5 Å². The molecule has 1 N–H and O–H groups in total. The number of anilines is 1. The Morgan fingerprint density at radius 3 is 2.89 bits per heavy atom. The molecule has 4 rings (SSSR count). The van der Waals surface area contributed by atoms with Crippen molar-refractivity contribution in [3.63, 3.8) is 0 Å². The first-order chi connectivity index (χ1) is 13.2. The maximum absolute atomic E-state index is 13.2. The van der Waals surface area contributed by atoms with E-state index in [1.54, 1.807) is 23.5 Å². The van der Waals surface area contributed by atoms with Gasteiger partial charge in [-0.05, 0) is 55.6 Å². The van der Waals surface area contributed by atoms with Gasteiger partial charge in [0.15, 0.2) is 0 Å². The van der Waals surface area contributed by atoms with Crippen molar-refractivity contribution in [2.24, 2.45) is 0 Å². The van der Waals surface area contributed by atoms with E-state index in [4.69, 9.17) is 4.42 Å². The Hall–Kier alpha value is -2.58. The zero-order chi connectivity index (χ0) is 18.6. The molecule has 0 saturated carbocycles. The summed E-state index contributed by atoms with van der Waals surface area (Å²) in [4.78, 5) is 14.2. The van der Waals surface area contributed by atoms with Crippen LogP contribution in [0, 0.1) is 5.82 Å². The fraction of sp³-hybridized carbons (Fsp3) is 0.316. The highest BCUT2D eigenvalue weighted by atomic mass is 32.1. The van der Waals surface area contributed by atoms with E-state index in [1.165, 1.54) is 12.1 Å². The van der Waals surface area contributed by atoms with Crippen molar-refractivity contribution in [3.8, 4) is 11.5 Å². The molecule has 0 unspecified atom stereocenters. The topological polar surface area (TPSA) is 71.3 Å². The minimum atomic E-state index is -0.366. The fourth-order valence-electron chi connectivity index (χ4n) is 3.21. The molecule has 1 saturated heterocycles. The Kier molecular flexibility index (Phi) is 5.26. The van der Waals surface area contributed by atoms with Crippen LogP contribution in [0.15, 0.2) is 45.5 Å². The molecule has 0 bridgehead atoms. The molecule has 1 aromatic carbocycles. The van der Waals surface area contributed by atoms with E-state index in [-0.39, 0.29) is 24.2 Å². The van der Waals surface area contributed by atoms with Crippen LogP contribution in [0.25, 0.3) is 11.5 Å². The second kappa shape index (κ2) is 7.98. The van der Waals surface area contributed by atoms with Crippen LogP contribution in [0.1, 0.15) is 24.7 Å². The maximum atomic E-state index is 13.2. The van der Waals surface area contributed by atoms with Crippen molar-refractivity contribution in [3.05, 3.63) is 52.8 Å².